The van der Waals surface area contributed by atoms with Crippen LogP contribution in [0.5, 0.6) is 0 Å². The molecule has 118 valence electrons. The number of rotatable bonds is 1. The van der Waals surface area contributed by atoms with Crippen molar-refractivity contribution < 1.29 is 33.4 Å². The summed E-state index contributed by atoms with van der Waals surface area (Å²) >= 11 is 0. The third-order valence-electron chi connectivity index (χ3n) is 3.62. The van der Waals surface area contributed by atoms with Gasteiger partial charge >= 0.3 is 7.60 Å². The Kier molecular flexibility index (Phi) is 3.55. The number of carbonyl (C=O) groups is 1. The van der Waals surface area contributed by atoms with Gasteiger partial charge in [-0.25, -0.2) is 0 Å². The summed E-state index contributed by atoms with van der Waals surface area (Å²) in [4.78, 5) is 16.6. The Hall–Kier alpha value is -1.03. The van der Waals surface area contributed by atoms with Crippen molar-refractivity contribution >= 4 is 19.8 Å². The average molecular weight is 321 g/mol. The van der Waals surface area contributed by atoms with Gasteiger partial charge in [0.05, 0.1) is 12.9 Å². The van der Waals surface area contributed by atoms with Crippen LogP contribution >= 0.6 is 7.60 Å². The maximum absolute atomic E-state index is 12.3. The number of aliphatic hydroxyl groups is 2. The van der Waals surface area contributed by atoms with Crippen LogP contribution in [0, 0.1) is 0 Å². The molecule has 21 heavy (non-hydrogen) atoms. The first-order valence-electron chi connectivity index (χ1n) is 6.32. The van der Waals surface area contributed by atoms with E-state index in [0.717, 1.165) is 0 Å². The summed E-state index contributed by atoms with van der Waals surface area (Å²) in [6.45, 7) is 1.03. The lowest BCUT2D eigenvalue weighted by Crippen LogP contribution is -2.52. The van der Waals surface area contributed by atoms with Gasteiger partial charge in [-0.15, -0.1) is 0 Å². The molecule has 0 aromatic heterocycles. The molecule has 2 saturated heterocycles. The molecule has 1 amide bonds. The zero-order valence-corrected chi connectivity index (χ0v) is 12.0. The van der Waals surface area contributed by atoms with Crippen molar-refractivity contribution in [3.8, 4) is 0 Å². The topological polar surface area (TPSA) is 144 Å². The predicted octanol–water partition coefficient (Wildman–Crippen LogP) is -2.17. The maximum Gasteiger partial charge on any atom is 0.329 e. The van der Waals surface area contributed by atoms with Gasteiger partial charge in [-0.1, -0.05) is 0 Å². The zero-order chi connectivity index (χ0) is 15.4. The van der Waals surface area contributed by atoms with Crippen molar-refractivity contribution in [1.82, 2.24) is 4.90 Å². The third kappa shape index (κ3) is 2.48. The fourth-order valence-electron chi connectivity index (χ4n) is 2.54. The number of fused-ring (bicyclic) bond motifs is 4. The molecule has 2 bridgehead atoms. The van der Waals surface area contributed by atoms with E-state index in [1.807, 2.05) is 0 Å². The van der Waals surface area contributed by atoms with Crippen LogP contribution in [-0.2, 0) is 23.1 Å². The number of ether oxygens (including phenoxy) is 1. The predicted molar refractivity (Wildman–Crippen MR) is 68.3 cm³/mol. The van der Waals surface area contributed by atoms with E-state index in [-0.39, 0.29) is 6.61 Å². The van der Waals surface area contributed by atoms with E-state index >= 15 is 0 Å². The van der Waals surface area contributed by atoms with E-state index in [9.17, 15) is 19.6 Å². The Labute approximate surface area is 120 Å². The number of hydrogen-bond acceptors (Lipinski definition) is 9. The van der Waals surface area contributed by atoms with Crippen LogP contribution in [0.1, 0.15) is 0 Å². The third-order valence-corrected chi connectivity index (χ3v) is 4.84. The minimum atomic E-state index is -3.51. The van der Waals surface area contributed by atoms with Crippen LogP contribution in [-0.4, -0.2) is 77.4 Å². The molecule has 0 aliphatic carbocycles. The summed E-state index contributed by atoms with van der Waals surface area (Å²) in [6, 6.07) is -1.10. The molecule has 3 heterocycles. The molecular weight excluding hydrogens is 305 g/mol. The molecule has 3 rings (SSSR count). The second kappa shape index (κ2) is 5.01. The molecule has 11 heteroatoms. The summed E-state index contributed by atoms with van der Waals surface area (Å²) in [7, 11) is -3.51. The minimum absolute atomic E-state index is 0.207. The van der Waals surface area contributed by atoms with E-state index < -0.39 is 50.3 Å². The molecule has 10 nitrogen and oxygen atoms in total. The van der Waals surface area contributed by atoms with Crippen molar-refractivity contribution in [3.63, 3.8) is 0 Å². The van der Waals surface area contributed by atoms with Gasteiger partial charge in [-0.05, 0) is 0 Å². The smallest absolute Gasteiger partial charge is 0.329 e. The number of nitrogens with two attached hydrogens (primary N) is 1. The Morgan fingerprint density at radius 3 is 2.81 bits per heavy atom. The summed E-state index contributed by atoms with van der Waals surface area (Å²) in [5, 5.41) is 20.0. The Morgan fingerprint density at radius 2 is 2.14 bits per heavy atom. The monoisotopic (exact) mass is 321 g/mol. The highest BCUT2D eigenvalue weighted by molar-refractivity contribution is 7.53. The second-order valence-electron chi connectivity index (χ2n) is 5.17. The van der Waals surface area contributed by atoms with Crippen LogP contribution in [0.15, 0.2) is 4.99 Å². The highest BCUT2D eigenvalue weighted by Gasteiger charge is 2.53. The summed E-state index contributed by atoms with van der Waals surface area (Å²) < 4.78 is 28.2. The van der Waals surface area contributed by atoms with Gasteiger partial charge in [0.25, 0.3) is 0 Å². The molecule has 4 N–H and O–H groups in total. The van der Waals surface area contributed by atoms with Crippen molar-refractivity contribution in [1.29, 1.82) is 0 Å². The van der Waals surface area contributed by atoms with Gasteiger partial charge in [0, 0.05) is 6.66 Å². The summed E-state index contributed by atoms with van der Waals surface area (Å²) in [6.07, 6.45) is -4.21. The van der Waals surface area contributed by atoms with Crippen LogP contribution in [0.25, 0.3) is 0 Å². The lowest BCUT2D eigenvalue weighted by molar-refractivity contribution is -0.128. The molecule has 2 fully saturated rings. The normalized spacial score (nSPS) is 49.4. The molecule has 0 spiro atoms. The van der Waals surface area contributed by atoms with E-state index in [2.05, 4.69) is 4.99 Å². The van der Waals surface area contributed by atoms with E-state index in [4.69, 9.17) is 19.5 Å². The van der Waals surface area contributed by atoms with E-state index in [0.29, 0.717) is 0 Å². The molecule has 0 radical (unpaired) electrons. The fourth-order valence-corrected chi connectivity index (χ4v) is 3.63. The highest BCUT2D eigenvalue weighted by atomic mass is 31.2. The summed E-state index contributed by atoms with van der Waals surface area (Å²) in [5.41, 5.74) is 5.24. The molecule has 0 aromatic carbocycles. The number of aliphatic hydroxyl groups excluding tert-OH is 2. The quantitative estimate of drug-likeness (QED) is 0.463. The lowest BCUT2D eigenvalue weighted by atomic mass is 10.1. The van der Waals surface area contributed by atoms with E-state index in [1.165, 1.54) is 17.9 Å². The van der Waals surface area contributed by atoms with E-state index in [1.54, 1.807) is 0 Å². The molecule has 3 aliphatic rings. The number of primary amides is 1. The zero-order valence-electron chi connectivity index (χ0n) is 11.1. The Bertz CT molecular complexity index is 529. The molecule has 0 saturated carbocycles. The number of hydrogen-bond donors (Lipinski definition) is 3. The summed E-state index contributed by atoms with van der Waals surface area (Å²) in [5.74, 6) is -0.775. The number of amides is 1. The van der Waals surface area contributed by atoms with Crippen LogP contribution in [0.2, 0.25) is 0 Å². The Morgan fingerprint density at radius 1 is 1.43 bits per heavy atom. The van der Waals surface area contributed by atoms with Crippen LogP contribution in [0.3, 0.4) is 0 Å². The molecule has 0 aromatic rings. The number of aliphatic imine (C=N–C) groups is 1. The molecule has 7 unspecified atom stereocenters. The van der Waals surface area contributed by atoms with Gasteiger partial charge in [0.15, 0.2) is 18.5 Å². The first-order chi connectivity index (χ1) is 9.80. The van der Waals surface area contributed by atoms with Crippen molar-refractivity contribution in [2.24, 2.45) is 10.7 Å². The molecular formula is C10H16N3O7P. The lowest BCUT2D eigenvalue weighted by Gasteiger charge is -2.33. The van der Waals surface area contributed by atoms with Crippen molar-refractivity contribution in [3.05, 3.63) is 0 Å². The first-order valence-corrected chi connectivity index (χ1v) is 8.31. The second-order valence-corrected chi connectivity index (χ2v) is 7.18. The minimum Gasteiger partial charge on any atom is -0.387 e. The van der Waals surface area contributed by atoms with Gasteiger partial charge in [-0.2, -0.15) is 0 Å². The van der Waals surface area contributed by atoms with Gasteiger partial charge < -0.3 is 30.1 Å². The standard InChI is InChI=1S/C10H16N3O7P/c1-21(17)18-2-4-6(14)7(15)10(19-4)13-3-12-5(8(11)16)9(13)20-21/h3-7,9-10,14-15H,2H2,1H3,(H2,11,16). The van der Waals surface area contributed by atoms with Crippen molar-refractivity contribution in [2.75, 3.05) is 13.3 Å². The highest BCUT2D eigenvalue weighted by Crippen LogP contribution is 2.49. The van der Waals surface area contributed by atoms with Gasteiger partial charge in [-0.3, -0.25) is 18.9 Å². The molecule has 7 atom stereocenters. The SMILES string of the molecule is CP1(=O)OCC2OC(C(O)C2O)N2C=NC(C(N)=O)C2O1. The van der Waals surface area contributed by atoms with Crippen LogP contribution < -0.4 is 5.73 Å². The van der Waals surface area contributed by atoms with Crippen molar-refractivity contribution in [2.45, 2.75) is 36.8 Å². The Balaban J connectivity index is 1.96. The largest absolute Gasteiger partial charge is 0.387 e. The average Bonchev–Trinajstić information content (AvgIpc) is 2.91. The van der Waals surface area contributed by atoms with Gasteiger partial charge in [0.2, 0.25) is 5.91 Å². The maximum atomic E-state index is 12.3. The van der Waals surface area contributed by atoms with Gasteiger partial charge in [0.1, 0.15) is 18.3 Å². The molecule has 3 aliphatic heterocycles. The number of nitrogens with zero attached hydrogens (tertiary/aromatic N) is 2. The number of carbonyl (C=O) groups excluding carboxylic acids is 1. The first kappa shape index (κ1) is 14.9. The van der Waals surface area contributed by atoms with Crippen LogP contribution in [0.4, 0.5) is 0 Å². The fraction of sp³-hybridized carbons (Fsp3) is 0.800.